The highest BCUT2D eigenvalue weighted by atomic mass is 16.5. The minimum atomic E-state index is -0.437. The van der Waals surface area contributed by atoms with Crippen molar-refractivity contribution in [2.45, 2.75) is 27.2 Å². The number of carbonyl (C=O) groups excluding carboxylic acids is 2. The Morgan fingerprint density at radius 2 is 1.92 bits per heavy atom. The number of nitrogens with one attached hydrogen (secondary N) is 2. The van der Waals surface area contributed by atoms with E-state index in [9.17, 15) is 9.59 Å². The van der Waals surface area contributed by atoms with Crippen LogP contribution in [0.4, 0.5) is 0 Å². The first-order valence-corrected chi connectivity index (χ1v) is 7.95. The first-order valence-electron chi connectivity index (χ1n) is 7.95. The van der Waals surface area contributed by atoms with Crippen molar-refractivity contribution >= 4 is 11.8 Å². The van der Waals surface area contributed by atoms with Crippen LogP contribution < -0.4 is 20.3 Å². The molecule has 2 amide bonds. The van der Waals surface area contributed by atoms with Gasteiger partial charge in [0, 0.05) is 12.2 Å². The van der Waals surface area contributed by atoms with E-state index in [1.165, 1.54) is 7.11 Å². The number of hydrazine groups is 1. The Morgan fingerprint density at radius 1 is 1.17 bits per heavy atom. The summed E-state index contributed by atoms with van der Waals surface area (Å²) in [6, 6.07) is 4.80. The summed E-state index contributed by atoms with van der Waals surface area (Å²) in [5, 5.41) is 0. The molecular formula is C17H26N2O5. The van der Waals surface area contributed by atoms with Crippen LogP contribution >= 0.6 is 0 Å². The predicted octanol–water partition coefficient (Wildman–Crippen LogP) is 1.92. The maximum Gasteiger partial charge on any atom is 0.269 e. The fourth-order valence-electron chi connectivity index (χ4n) is 1.83. The zero-order valence-corrected chi connectivity index (χ0v) is 14.7. The molecule has 0 saturated heterocycles. The Labute approximate surface area is 142 Å². The second kappa shape index (κ2) is 10.5. The van der Waals surface area contributed by atoms with E-state index in [4.69, 9.17) is 14.2 Å². The van der Waals surface area contributed by atoms with Gasteiger partial charge in [-0.25, -0.2) is 0 Å². The van der Waals surface area contributed by atoms with Crippen molar-refractivity contribution in [2.75, 3.05) is 26.9 Å². The van der Waals surface area contributed by atoms with Crippen LogP contribution in [0.1, 0.15) is 37.6 Å². The number of rotatable bonds is 9. The molecule has 1 rings (SSSR count). The fraction of sp³-hybridized carbons (Fsp3) is 0.529. The molecule has 0 bridgehead atoms. The first-order chi connectivity index (χ1) is 11.5. The van der Waals surface area contributed by atoms with Gasteiger partial charge in [-0.05, 0) is 31.0 Å². The Balaban J connectivity index is 2.46. The average Bonchev–Trinajstić information content (AvgIpc) is 2.57. The molecule has 1 aromatic carbocycles. The normalized spacial score (nSPS) is 10.4. The zero-order valence-electron chi connectivity index (χ0n) is 14.7. The van der Waals surface area contributed by atoms with Gasteiger partial charge in [-0.15, -0.1) is 0 Å². The number of carbonyl (C=O) groups is 2. The number of benzene rings is 1. The van der Waals surface area contributed by atoms with Crippen molar-refractivity contribution in [3.63, 3.8) is 0 Å². The summed E-state index contributed by atoms with van der Waals surface area (Å²) in [5.41, 5.74) is 5.07. The van der Waals surface area contributed by atoms with Crippen molar-refractivity contribution in [1.82, 2.24) is 10.9 Å². The summed E-state index contributed by atoms with van der Waals surface area (Å²) in [7, 11) is 1.50. The SMILES string of the molecule is CCOc1ccc(C(=O)NNC(=O)CCOCC(C)C)cc1OC. The van der Waals surface area contributed by atoms with E-state index < -0.39 is 5.91 Å². The monoisotopic (exact) mass is 338 g/mol. The van der Waals surface area contributed by atoms with E-state index in [0.29, 0.717) is 42.8 Å². The molecule has 0 heterocycles. The topological polar surface area (TPSA) is 85.9 Å². The van der Waals surface area contributed by atoms with E-state index in [1.807, 2.05) is 20.8 Å². The maximum absolute atomic E-state index is 12.1. The lowest BCUT2D eigenvalue weighted by Crippen LogP contribution is -2.42. The largest absolute Gasteiger partial charge is 0.493 e. The summed E-state index contributed by atoms with van der Waals surface area (Å²) in [5.74, 6) is 0.681. The van der Waals surface area contributed by atoms with Crippen molar-refractivity contribution in [3.05, 3.63) is 23.8 Å². The molecule has 0 aromatic heterocycles. The van der Waals surface area contributed by atoms with Gasteiger partial charge in [0.05, 0.1) is 26.7 Å². The van der Waals surface area contributed by atoms with E-state index >= 15 is 0 Å². The highest BCUT2D eigenvalue weighted by Crippen LogP contribution is 2.27. The fourth-order valence-corrected chi connectivity index (χ4v) is 1.83. The molecule has 134 valence electrons. The zero-order chi connectivity index (χ0) is 17.9. The highest BCUT2D eigenvalue weighted by molar-refractivity contribution is 5.96. The van der Waals surface area contributed by atoms with Crippen molar-refractivity contribution in [2.24, 2.45) is 5.92 Å². The van der Waals surface area contributed by atoms with E-state index in [1.54, 1.807) is 18.2 Å². The lowest BCUT2D eigenvalue weighted by atomic mass is 10.2. The summed E-state index contributed by atoms with van der Waals surface area (Å²) in [6.45, 7) is 7.34. The minimum absolute atomic E-state index is 0.180. The molecule has 0 aliphatic carbocycles. The van der Waals surface area contributed by atoms with Crippen LogP contribution in [0.5, 0.6) is 11.5 Å². The Bertz CT molecular complexity index is 546. The van der Waals surface area contributed by atoms with Crippen molar-refractivity contribution in [3.8, 4) is 11.5 Å². The molecule has 0 radical (unpaired) electrons. The van der Waals surface area contributed by atoms with Gasteiger partial charge in [0.2, 0.25) is 5.91 Å². The third-order valence-corrected chi connectivity index (χ3v) is 2.97. The van der Waals surface area contributed by atoms with E-state index in [2.05, 4.69) is 10.9 Å². The third kappa shape index (κ3) is 6.87. The van der Waals surface area contributed by atoms with Crippen LogP contribution in [-0.4, -0.2) is 38.7 Å². The molecule has 7 nitrogen and oxygen atoms in total. The van der Waals surface area contributed by atoms with Crippen LogP contribution in [0.15, 0.2) is 18.2 Å². The second-order valence-electron chi connectivity index (χ2n) is 5.52. The predicted molar refractivity (Wildman–Crippen MR) is 90.0 cm³/mol. The minimum Gasteiger partial charge on any atom is -0.493 e. The molecule has 0 aliphatic rings. The highest BCUT2D eigenvalue weighted by Gasteiger charge is 2.12. The van der Waals surface area contributed by atoms with Gasteiger partial charge >= 0.3 is 0 Å². The average molecular weight is 338 g/mol. The maximum atomic E-state index is 12.1. The molecule has 0 atom stereocenters. The van der Waals surface area contributed by atoms with Crippen LogP contribution in [0.3, 0.4) is 0 Å². The summed E-state index contributed by atoms with van der Waals surface area (Å²) in [6.07, 6.45) is 0.180. The molecule has 1 aromatic rings. The van der Waals surface area contributed by atoms with E-state index in [-0.39, 0.29) is 12.3 Å². The molecule has 0 unspecified atom stereocenters. The molecule has 0 fully saturated rings. The Hall–Kier alpha value is -2.28. The second-order valence-corrected chi connectivity index (χ2v) is 5.52. The van der Waals surface area contributed by atoms with Gasteiger partial charge < -0.3 is 14.2 Å². The smallest absolute Gasteiger partial charge is 0.269 e. The van der Waals surface area contributed by atoms with Crippen LogP contribution in [0, 0.1) is 5.92 Å². The van der Waals surface area contributed by atoms with Gasteiger partial charge in [0.1, 0.15) is 0 Å². The number of ether oxygens (including phenoxy) is 3. The number of hydrogen-bond acceptors (Lipinski definition) is 5. The van der Waals surface area contributed by atoms with Crippen LogP contribution in [0.25, 0.3) is 0 Å². The quantitative estimate of drug-likeness (QED) is 0.531. The number of hydrogen-bond donors (Lipinski definition) is 2. The molecule has 24 heavy (non-hydrogen) atoms. The summed E-state index contributed by atoms with van der Waals surface area (Å²) >= 11 is 0. The van der Waals surface area contributed by atoms with Gasteiger partial charge in [-0.3, -0.25) is 20.4 Å². The third-order valence-electron chi connectivity index (χ3n) is 2.97. The summed E-state index contributed by atoms with van der Waals surface area (Å²) in [4.78, 5) is 23.7. The molecule has 7 heteroatoms. The first kappa shape index (κ1) is 19.8. The Kier molecular flexibility index (Phi) is 8.64. The van der Waals surface area contributed by atoms with Crippen molar-refractivity contribution in [1.29, 1.82) is 0 Å². The van der Waals surface area contributed by atoms with Gasteiger partial charge in [0.25, 0.3) is 5.91 Å². The van der Waals surface area contributed by atoms with E-state index in [0.717, 1.165) is 0 Å². The van der Waals surface area contributed by atoms with Gasteiger partial charge in [-0.2, -0.15) is 0 Å². The Morgan fingerprint density at radius 3 is 2.54 bits per heavy atom. The molecule has 2 N–H and O–H groups in total. The van der Waals surface area contributed by atoms with Crippen molar-refractivity contribution < 1.29 is 23.8 Å². The molecule has 0 spiro atoms. The molecule has 0 aliphatic heterocycles. The molecule has 0 saturated carbocycles. The molecular weight excluding hydrogens is 312 g/mol. The van der Waals surface area contributed by atoms with Crippen LogP contribution in [-0.2, 0) is 9.53 Å². The number of amides is 2. The lowest BCUT2D eigenvalue weighted by Gasteiger charge is -2.12. The number of methoxy groups -OCH3 is 1. The summed E-state index contributed by atoms with van der Waals surface area (Å²) < 4.78 is 15.9. The van der Waals surface area contributed by atoms with Gasteiger partial charge in [-0.1, -0.05) is 13.8 Å². The standard InChI is InChI=1S/C17H26N2O5/c1-5-24-14-7-6-13(10-15(14)22-4)17(21)19-18-16(20)8-9-23-11-12(2)3/h6-7,10,12H,5,8-9,11H2,1-4H3,(H,18,20)(H,19,21). The van der Waals surface area contributed by atoms with Gasteiger partial charge in [0.15, 0.2) is 11.5 Å². The van der Waals surface area contributed by atoms with Crippen LogP contribution in [0.2, 0.25) is 0 Å². The lowest BCUT2D eigenvalue weighted by molar-refractivity contribution is -0.123.